The van der Waals surface area contributed by atoms with Crippen LogP contribution < -0.4 is 9.62 Å². The standard InChI is InChI=1S/C28H18N2O12/c31-26(32)24-18(3-1-5-22(24)29(36)37)15-40-42-20-13-9-17(10-14-20)16-7-11-19(12-8-16)41-28(35)21-4-2-6-23(30(38)39)25(21)27(33)34/h1-14H,15H2,(H,31,32)(H,33,34). The normalized spacial score (nSPS) is 10.5. The van der Waals surface area contributed by atoms with Crippen LogP contribution in [-0.2, 0) is 11.5 Å². The van der Waals surface area contributed by atoms with Gasteiger partial charge in [-0.05, 0) is 41.5 Å². The van der Waals surface area contributed by atoms with Gasteiger partial charge in [-0.15, -0.1) is 0 Å². The minimum atomic E-state index is -1.64. The smallest absolute Gasteiger partial charge is 0.344 e. The van der Waals surface area contributed by atoms with E-state index in [-0.39, 0.29) is 23.7 Å². The molecular weight excluding hydrogens is 556 g/mol. The molecule has 0 unspecified atom stereocenters. The third-order valence-electron chi connectivity index (χ3n) is 5.83. The summed E-state index contributed by atoms with van der Waals surface area (Å²) in [6.07, 6.45) is 0. The first-order chi connectivity index (χ1) is 20.1. The van der Waals surface area contributed by atoms with Crippen LogP contribution in [-0.4, -0.2) is 38.0 Å². The maximum Gasteiger partial charge on any atom is 0.344 e. The van der Waals surface area contributed by atoms with Crippen LogP contribution in [0.4, 0.5) is 11.4 Å². The maximum absolute atomic E-state index is 12.6. The van der Waals surface area contributed by atoms with Crippen LogP contribution in [0.5, 0.6) is 11.5 Å². The molecule has 0 spiro atoms. The van der Waals surface area contributed by atoms with Gasteiger partial charge in [0, 0.05) is 17.7 Å². The minimum Gasteiger partial charge on any atom is -0.477 e. The van der Waals surface area contributed by atoms with Gasteiger partial charge < -0.3 is 19.8 Å². The van der Waals surface area contributed by atoms with Crippen LogP contribution in [0.3, 0.4) is 0 Å². The summed E-state index contributed by atoms with van der Waals surface area (Å²) in [5, 5.41) is 41.0. The first-order valence-electron chi connectivity index (χ1n) is 11.8. The van der Waals surface area contributed by atoms with Crippen molar-refractivity contribution in [3.05, 3.63) is 127 Å². The van der Waals surface area contributed by atoms with Crippen molar-refractivity contribution >= 4 is 29.3 Å². The lowest BCUT2D eigenvalue weighted by atomic mass is 10.0. The number of nitro groups is 2. The zero-order valence-corrected chi connectivity index (χ0v) is 21.2. The number of carbonyl (C=O) groups excluding carboxylic acids is 1. The van der Waals surface area contributed by atoms with Gasteiger partial charge in [0.25, 0.3) is 11.4 Å². The molecule has 14 heteroatoms. The lowest BCUT2D eigenvalue weighted by Crippen LogP contribution is -2.15. The molecule has 0 saturated carbocycles. The summed E-state index contributed by atoms with van der Waals surface area (Å²) in [6.45, 7) is -0.366. The Labute approximate surface area is 235 Å². The SMILES string of the molecule is O=C(Oc1ccc(-c2ccc(OOCc3cccc([N+](=O)[O-])c3C(=O)O)cc2)cc1)c1cccc([N+](=O)[O-])c1C(=O)O. The molecule has 0 aromatic heterocycles. The monoisotopic (exact) mass is 574 g/mol. The molecule has 2 N–H and O–H groups in total. The summed E-state index contributed by atoms with van der Waals surface area (Å²) in [5.74, 6) is -3.86. The van der Waals surface area contributed by atoms with Gasteiger partial charge in [-0.3, -0.25) is 20.2 Å². The number of hydrogen-bond acceptors (Lipinski definition) is 10. The average molecular weight is 574 g/mol. The molecule has 4 aromatic carbocycles. The fourth-order valence-corrected chi connectivity index (χ4v) is 3.93. The summed E-state index contributed by atoms with van der Waals surface area (Å²) in [6, 6.07) is 19.7. The van der Waals surface area contributed by atoms with Crippen molar-refractivity contribution < 1.29 is 49.0 Å². The molecule has 0 heterocycles. The fourth-order valence-electron chi connectivity index (χ4n) is 3.93. The van der Waals surface area contributed by atoms with Crippen molar-refractivity contribution in [2.24, 2.45) is 0 Å². The molecule has 0 amide bonds. The van der Waals surface area contributed by atoms with E-state index < -0.39 is 55.8 Å². The summed E-state index contributed by atoms with van der Waals surface area (Å²) in [4.78, 5) is 66.5. The molecule has 4 rings (SSSR count). The summed E-state index contributed by atoms with van der Waals surface area (Å²) in [7, 11) is 0. The first-order valence-corrected chi connectivity index (χ1v) is 11.8. The third kappa shape index (κ3) is 6.35. The molecule has 0 aliphatic heterocycles. The molecule has 4 aromatic rings. The Kier molecular flexibility index (Phi) is 8.49. The molecule has 212 valence electrons. The van der Waals surface area contributed by atoms with Crippen LogP contribution in [0.25, 0.3) is 11.1 Å². The van der Waals surface area contributed by atoms with Crippen LogP contribution in [0.2, 0.25) is 0 Å². The van der Waals surface area contributed by atoms with Crippen molar-refractivity contribution in [3.8, 4) is 22.6 Å². The summed E-state index contributed by atoms with van der Waals surface area (Å²) >= 11 is 0. The highest BCUT2D eigenvalue weighted by atomic mass is 17.2. The Morgan fingerprint density at radius 2 is 1.17 bits per heavy atom. The molecule has 0 fully saturated rings. The second-order valence-corrected chi connectivity index (χ2v) is 8.42. The van der Waals surface area contributed by atoms with E-state index in [1.54, 1.807) is 36.4 Å². The number of carbonyl (C=O) groups is 3. The Bertz CT molecular complexity index is 1700. The number of nitro benzene ring substituents is 2. The number of benzene rings is 4. The zero-order valence-electron chi connectivity index (χ0n) is 21.2. The van der Waals surface area contributed by atoms with Crippen molar-refractivity contribution in [2.75, 3.05) is 0 Å². The molecular formula is C28H18N2O12. The van der Waals surface area contributed by atoms with Gasteiger partial charge in [0.15, 0.2) is 11.3 Å². The van der Waals surface area contributed by atoms with Crippen LogP contribution >= 0.6 is 0 Å². The first kappa shape index (κ1) is 28.8. The zero-order chi connectivity index (χ0) is 30.4. The average Bonchev–Trinajstić information content (AvgIpc) is 2.97. The van der Waals surface area contributed by atoms with E-state index in [0.717, 1.165) is 23.8 Å². The number of rotatable bonds is 11. The molecule has 0 aliphatic carbocycles. The van der Waals surface area contributed by atoms with Crippen LogP contribution in [0.1, 0.15) is 36.6 Å². The van der Waals surface area contributed by atoms with Gasteiger partial charge in [-0.25, -0.2) is 14.4 Å². The van der Waals surface area contributed by atoms with Crippen molar-refractivity contribution in [1.29, 1.82) is 0 Å². The van der Waals surface area contributed by atoms with E-state index in [9.17, 15) is 44.8 Å². The number of esters is 1. The molecule has 0 atom stereocenters. The molecule has 0 aliphatic rings. The van der Waals surface area contributed by atoms with Gasteiger partial charge in [0.1, 0.15) is 17.9 Å². The predicted molar refractivity (Wildman–Crippen MR) is 142 cm³/mol. The Balaban J connectivity index is 1.40. The largest absolute Gasteiger partial charge is 0.477 e. The third-order valence-corrected chi connectivity index (χ3v) is 5.83. The molecule has 0 bridgehead atoms. The maximum atomic E-state index is 12.6. The van der Waals surface area contributed by atoms with E-state index in [1.165, 1.54) is 30.3 Å². The molecule has 14 nitrogen and oxygen atoms in total. The van der Waals surface area contributed by atoms with Crippen molar-refractivity contribution in [3.63, 3.8) is 0 Å². The van der Waals surface area contributed by atoms with Crippen LogP contribution in [0.15, 0.2) is 84.9 Å². The molecule has 0 radical (unpaired) electrons. The number of nitrogens with zero attached hydrogens (tertiary/aromatic N) is 2. The predicted octanol–water partition coefficient (Wildman–Crippen LogP) is 5.30. The molecule has 0 saturated heterocycles. The van der Waals surface area contributed by atoms with Crippen LogP contribution in [0, 0.1) is 20.2 Å². The highest BCUT2D eigenvalue weighted by Crippen LogP contribution is 2.28. The molecule has 42 heavy (non-hydrogen) atoms. The Hall–Kier alpha value is -6.15. The number of carboxylic acids is 2. The van der Waals surface area contributed by atoms with Gasteiger partial charge in [-0.2, -0.15) is 4.89 Å². The summed E-state index contributed by atoms with van der Waals surface area (Å²) in [5.41, 5.74) is -1.57. The van der Waals surface area contributed by atoms with E-state index in [4.69, 9.17) is 14.5 Å². The number of carboxylic acid groups (broad SMARTS) is 2. The fraction of sp³-hybridized carbons (Fsp3) is 0.0357. The summed E-state index contributed by atoms with van der Waals surface area (Å²) < 4.78 is 5.22. The minimum absolute atomic E-state index is 0.0544. The number of ether oxygens (including phenoxy) is 1. The lowest BCUT2D eigenvalue weighted by Gasteiger charge is -2.09. The van der Waals surface area contributed by atoms with Crippen molar-refractivity contribution in [2.45, 2.75) is 6.61 Å². The lowest BCUT2D eigenvalue weighted by molar-refractivity contribution is -0.385. The van der Waals surface area contributed by atoms with E-state index in [0.29, 0.717) is 5.56 Å². The van der Waals surface area contributed by atoms with Crippen molar-refractivity contribution in [1.82, 2.24) is 0 Å². The quantitative estimate of drug-likeness (QED) is 0.0770. The number of aromatic carboxylic acids is 2. The van der Waals surface area contributed by atoms with Gasteiger partial charge in [0.2, 0.25) is 0 Å². The van der Waals surface area contributed by atoms with E-state index in [2.05, 4.69) is 0 Å². The van der Waals surface area contributed by atoms with Gasteiger partial charge >= 0.3 is 17.9 Å². The van der Waals surface area contributed by atoms with Gasteiger partial charge in [0.05, 0.1) is 15.4 Å². The Morgan fingerprint density at radius 3 is 1.69 bits per heavy atom. The highest BCUT2D eigenvalue weighted by Gasteiger charge is 2.28. The topological polar surface area (TPSA) is 206 Å². The Morgan fingerprint density at radius 1 is 0.667 bits per heavy atom. The highest BCUT2D eigenvalue weighted by molar-refractivity contribution is 6.05. The van der Waals surface area contributed by atoms with Gasteiger partial charge in [-0.1, -0.05) is 42.5 Å². The number of hydrogen-bond donors (Lipinski definition) is 2. The van der Waals surface area contributed by atoms with E-state index >= 15 is 0 Å². The van der Waals surface area contributed by atoms with E-state index in [1.807, 2.05) is 0 Å². The second-order valence-electron chi connectivity index (χ2n) is 8.42. The second kappa shape index (κ2) is 12.4.